The van der Waals surface area contributed by atoms with Crippen LogP contribution in [0.1, 0.15) is 0 Å². The zero-order valence-electron chi connectivity index (χ0n) is 7.36. The lowest BCUT2D eigenvalue weighted by molar-refractivity contribution is -0.880. The normalized spacial score (nSPS) is 16.6. The summed E-state index contributed by atoms with van der Waals surface area (Å²) >= 11 is 0. The van der Waals surface area contributed by atoms with Crippen molar-refractivity contribution in [2.45, 2.75) is 0 Å². The molecule has 5 heteroatoms. The summed E-state index contributed by atoms with van der Waals surface area (Å²) in [5.74, 6) is 2.44. The van der Waals surface area contributed by atoms with E-state index in [2.05, 4.69) is 5.92 Å². The van der Waals surface area contributed by atoms with Crippen LogP contribution in [0, 0.1) is 12.3 Å². The van der Waals surface area contributed by atoms with Crippen molar-refractivity contribution < 1.29 is 18.8 Å². The molecule has 0 saturated carbocycles. The maximum absolute atomic E-state index is 10.4. The Kier molecular flexibility index (Phi) is 3.95. The van der Waals surface area contributed by atoms with Gasteiger partial charge < -0.3 is 18.8 Å². The zero-order chi connectivity index (χ0) is 9.83. The van der Waals surface area contributed by atoms with Crippen LogP contribution >= 0.6 is 7.60 Å². The number of terminal acetylenes is 1. The molecule has 0 heterocycles. The van der Waals surface area contributed by atoms with E-state index in [-0.39, 0.29) is 6.16 Å². The molecule has 0 bridgehead atoms. The third-order valence-corrected chi connectivity index (χ3v) is 2.27. The minimum atomic E-state index is -4.12. The summed E-state index contributed by atoms with van der Waals surface area (Å²) < 4.78 is 10.8. The summed E-state index contributed by atoms with van der Waals surface area (Å²) in [5.41, 5.74) is 0. The summed E-state index contributed by atoms with van der Waals surface area (Å²) in [4.78, 5) is 18.9. The van der Waals surface area contributed by atoms with Gasteiger partial charge in [0.05, 0.1) is 26.8 Å². The molecule has 0 saturated heterocycles. The van der Waals surface area contributed by atoms with Gasteiger partial charge in [-0.1, -0.05) is 0 Å². The predicted octanol–water partition coefficient (Wildman–Crippen LogP) is -0.758. The van der Waals surface area contributed by atoms with Crippen molar-refractivity contribution in [3.05, 3.63) is 0 Å². The van der Waals surface area contributed by atoms with Crippen LogP contribution in [0.4, 0.5) is 0 Å². The molecule has 0 aliphatic rings. The van der Waals surface area contributed by atoms with E-state index in [0.29, 0.717) is 17.6 Å². The average molecular weight is 191 g/mol. The lowest BCUT2D eigenvalue weighted by Crippen LogP contribution is -2.42. The van der Waals surface area contributed by atoms with Crippen molar-refractivity contribution in [2.75, 3.05) is 33.3 Å². The third kappa shape index (κ3) is 6.38. The Morgan fingerprint density at radius 1 is 1.67 bits per heavy atom. The second-order valence-corrected chi connectivity index (χ2v) is 5.10. The van der Waals surface area contributed by atoms with E-state index in [1.165, 1.54) is 0 Å². The van der Waals surface area contributed by atoms with Crippen molar-refractivity contribution in [1.29, 1.82) is 0 Å². The molecule has 4 nitrogen and oxygen atoms in total. The zero-order valence-corrected chi connectivity index (χ0v) is 8.25. The number of rotatable bonds is 4. The first-order valence-corrected chi connectivity index (χ1v) is 5.31. The SMILES string of the molecule is C#CC[N+](C)(C)CCP(=O)([O-])O. The van der Waals surface area contributed by atoms with Gasteiger partial charge in [0.2, 0.25) is 0 Å². The Balaban J connectivity index is 3.94. The largest absolute Gasteiger partial charge is 0.778 e. The number of quaternary nitrogens is 1. The molecule has 70 valence electrons. The van der Waals surface area contributed by atoms with E-state index < -0.39 is 7.60 Å². The van der Waals surface area contributed by atoms with Crippen LogP contribution in [0.2, 0.25) is 0 Å². The Morgan fingerprint density at radius 2 is 2.17 bits per heavy atom. The van der Waals surface area contributed by atoms with E-state index in [9.17, 15) is 9.46 Å². The topological polar surface area (TPSA) is 60.4 Å². The van der Waals surface area contributed by atoms with E-state index >= 15 is 0 Å². The lowest BCUT2D eigenvalue weighted by Gasteiger charge is -2.29. The molecule has 1 N–H and O–H groups in total. The summed E-state index contributed by atoms with van der Waals surface area (Å²) in [6.07, 6.45) is 4.86. The van der Waals surface area contributed by atoms with Crippen molar-refractivity contribution in [1.82, 2.24) is 0 Å². The highest BCUT2D eigenvalue weighted by Crippen LogP contribution is 2.28. The number of nitrogens with zero attached hydrogens (tertiary/aromatic N) is 1. The molecule has 0 spiro atoms. The van der Waals surface area contributed by atoms with E-state index in [4.69, 9.17) is 11.3 Å². The second-order valence-electron chi connectivity index (χ2n) is 3.38. The van der Waals surface area contributed by atoms with Gasteiger partial charge in [0.25, 0.3) is 0 Å². The Bertz CT molecular complexity index is 225. The Labute approximate surface area is 72.9 Å². The highest BCUT2D eigenvalue weighted by molar-refractivity contribution is 7.50. The smallest absolute Gasteiger partial charge is 0.140 e. The minimum Gasteiger partial charge on any atom is -0.778 e. The molecule has 0 aliphatic carbocycles. The molecule has 0 aliphatic heterocycles. The maximum atomic E-state index is 10.4. The minimum absolute atomic E-state index is 0.221. The maximum Gasteiger partial charge on any atom is 0.140 e. The monoisotopic (exact) mass is 191 g/mol. The molecule has 0 radical (unpaired) electrons. The van der Waals surface area contributed by atoms with Gasteiger partial charge in [0.1, 0.15) is 14.1 Å². The van der Waals surface area contributed by atoms with E-state index in [0.717, 1.165) is 0 Å². The molecule has 1 atom stereocenters. The van der Waals surface area contributed by atoms with E-state index in [1.807, 2.05) is 14.1 Å². The van der Waals surface area contributed by atoms with Gasteiger partial charge in [0.15, 0.2) is 0 Å². The van der Waals surface area contributed by atoms with Crippen LogP contribution < -0.4 is 4.89 Å². The Morgan fingerprint density at radius 3 is 2.50 bits per heavy atom. The van der Waals surface area contributed by atoms with Crippen LogP contribution in [0.5, 0.6) is 0 Å². The Hall–Kier alpha value is -0.330. The van der Waals surface area contributed by atoms with Crippen LogP contribution in [0.15, 0.2) is 0 Å². The molecule has 12 heavy (non-hydrogen) atoms. The molecular formula is C7H14NO3P. The van der Waals surface area contributed by atoms with Crippen LogP contribution in [0.25, 0.3) is 0 Å². The summed E-state index contributed by atoms with van der Waals surface area (Å²) in [5, 5.41) is 0. The molecule has 1 unspecified atom stereocenters. The fourth-order valence-electron chi connectivity index (χ4n) is 0.723. The van der Waals surface area contributed by atoms with Crippen LogP contribution in [0.3, 0.4) is 0 Å². The molecule has 0 fully saturated rings. The van der Waals surface area contributed by atoms with Gasteiger partial charge >= 0.3 is 0 Å². The highest BCUT2D eigenvalue weighted by Gasteiger charge is 2.15. The van der Waals surface area contributed by atoms with Crippen molar-refractivity contribution in [2.24, 2.45) is 0 Å². The summed E-state index contributed by atoms with van der Waals surface area (Å²) in [7, 11) is -0.490. The van der Waals surface area contributed by atoms with Crippen molar-refractivity contribution in [3.63, 3.8) is 0 Å². The molecule has 0 aromatic carbocycles. The first-order chi connectivity index (χ1) is 5.27. The highest BCUT2D eigenvalue weighted by atomic mass is 31.2. The van der Waals surface area contributed by atoms with Crippen molar-refractivity contribution >= 4 is 7.60 Å². The van der Waals surface area contributed by atoms with Gasteiger partial charge in [0, 0.05) is 0 Å². The second kappa shape index (κ2) is 4.06. The molecule has 0 aromatic rings. The van der Waals surface area contributed by atoms with Gasteiger partial charge in [-0.25, -0.2) is 0 Å². The fraction of sp³-hybridized carbons (Fsp3) is 0.714. The third-order valence-electron chi connectivity index (χ3n) is 1.51. The fourth-order valence-corrected chi connectivity index (χ4v) is 1.52. The number of hydrogen-bond acceptors (Lipinski definition) is 2. The predicted molar refractivity (Wildman–Crippen MR) is 45.4 cm³/mol. The van der Waals surface area contributed by atoms with Crippen molar-refractivity contribution in [3.8, 4) is 12.3 Å². The van der Waals surface area contributed by atoms with Crippen LogP contribution in [-0.4, -0.2) is 42.7 Å². The average Bonchev–Trinajstić information content (AvgIpc) is 1.83. The number of hydrogen-bond donors (Lipinski definition) is 1. The van der Waals surface area contributed by atoms with Gasteiger partial charge in [-0.2, -0.15) is 0 Å². The first kappa shape index (κ1) is 11.7. The molecule has 0 rings (SSSR count). The summed E-state index contributed by atoms with van der Waals surface area (Å²) in [6, 6.07) is 0. The molecular weight excluding hydrogens is 177 g/mol. The first-order valence-electron chi connectivity index (χ1n) is 3.55. The van der Waals surface area contributed by atoms with E-state index in [1.54, 1.807) is 0 Å². The molecule has 0 aromatic heterocycles. The van der Waals surface area contributed by atoms with Gasteiger partial charge in [-0.3, -0.25) is 0 Å². The van der Waals surface area contributed by atoms with Gasteiger partial charge in [-0.05, 0) is 5.92 Å². The quantitative estimate of drug-likeness (QED) is 0.361. The summed E-state index contributed by atoms with van der Waals surface area (Å²) in [6.45, 7) is 0.793. The van der Waals surface area contributed by atoms with Gasteiger partial charge in [-0.15, -0.1) is 6.42 Å². The molecule has 0 amide bonds. The van der Waals surface area contributed by atoms with Crippen LogP contribution in [-0.2, 0) is 4.57 Å². The lowest BCUT2D eigenvalue weighted by atomic mass is 10.4. The standard InChI is InChI=1S/C7H14NO3P/c1-4-5-8(2,3)6-7-12(9,10)11/h1H,5-7H2,2-3H3,(H-,9,10,11).